The smallest absolute Gasteiger partial charge is 0.418 e. The van der Waals surface area contributed by atoms with Crippen LogP contribution in [0.4, 0.5) is 13.2 Å². The van der Waals surface area contributed by atoms with E-state index in [2.05, 4.69) is 4.98 Å². The van der Waals surface area contributed by atoms with Crippen molar-refractivity contribution in [1.82, 2.24) is 4.98 Å². The maximum atomic E-state index is 13.9. The average molecular weight is 556 g/mol. The Morgan fingerprint density at radius 2 is 1.63 bits per heavy atom. The molecule has 0 aliphatic rings. The first kappa shape index (κ1) is 27.9. The highest BCUT2D eigenvalue weighted by atomic mass is 19.4. The van der Waals surface area contributed by atoms with Gasteiger partial charge in [0.2, 0.25) is 0 Å². The summed E-state index contributed by atoms with van der Waals surface area (Å²) in [6.07, 6.45) is -2.00. The molecule has 5 rings (SSSR count). The van der Waals surface area contributed by atoms with Gasteiger partial charge in [0, 0.05) is 11.6 Å². The summed E-state index contributed by atoms with van der Waals surface area (Å²) in [4.78, 5) is 15.7. The molecule has 0 aliphatic carbocycles. The largest absolute Gasteiger partial charge is 0.489 e. The van der Waals surface area contributed by atoms with Gasteiger partial charge in [0.05, 0.1) is 17.0 Å². The van der Waals surface area contributed by atoms with Gasteiger partial charge in [0.1, 0.15) is 12.4 Å². The Morgan fingerprint density at radius 1 is 0.902 bits per heavy atom. The van der Waals surface area contributed by atoms with Gasteiger partial charge in [0.25, 0.3) is 0 Å². The maximum absolute atomic E-state index is 13.9. The monoisotopic (exact) mass is 555 g/mol. The highest BCUT2D eigenvalue weighted by Gasteiger charge is 2.33. The van der Waals surface area contributed by atoms with Crippen LogP contribution in [0.15, 0.2) is 103 Å². The van der Waals surface area contributed by atoms with Gasteiger partial charge in [-0.15, -0.1) is 0 Å². The van der Waals surface area contributed by atoms with Crippen LogP contribution in [0.25, 0.3) is 22.0 Å². The summed E-state index contributed by atoms with van der Waals surface area (Å²) in [5.41, 5.74) is 3.97. The molecule has 4 nitrogen and oxygen atoms in total. The van der Waals surface area contributed by atoms with Crippen molar-refractivity contribution in [3.63, 3.8) is 0 Å². The number of para-hydroxylation sites is 1. The minimum Gasteiger partial charge on any atom is -0.489 e. The first-order valence-corrected chi connectivity index (χ1v) is 13.3. The minimum absolute atomic E-state index is 0.0926. The van der Waals surface area contributed by atoms with Gasteiger partial charge < -0.3 is 9.84 Å². The van der Waals surface area contributed by atoms with Gasteiger partial charge >= 0.3 is 12.1 Å². The Morgan fingerprint density at radius 3 is 2.32 bits per heavy atom. The maximum Gasteiger partial charge on any atom is 0.418 e. The fourth-order valence-corrected chi connectivity index (χ4v) is 5.09. The summed E-state index contributed by atoms with van der Waals surface area (Å²) in [5.74, 6) is -0.850. The van der Waals surface area contributed by atoms with Crippen molar-refractivity contribution in [2.24, 2.45) is 0 Å². The molecule has 4 aromatic carbocycles. The molecule has 41 heavy (non-hydrogen) atoms. The van der Waals surface area contributed by atoms with Crippen molar-refractivity contribution in [2.45, 2.75) is 38.5 Å². The van der Waals surface area contributed by atoms with E-state index in [1.807, 2.05) is 67.6 Å². The molecule has 1 unspecified atom stereocenters. The van der Waals surface area contributed by atoms with E-state index in [0.717, 1.165) is 33.9 Å². The van der Waals surface area contributed by atoms with Crippen LogP contribution in [-0.4, -0.2) is 16.1 Å². The molecule has 0 fully saturated rings. The predicted molar refractivity (Wildman–Crippen MR) is 153 cm³/mol. The Kier molecular flexibility index (Phi) is 8.06. The standard InChI is InChI=1S/C34H28F3NO3/c1-2-28(33(39)40)24-16-14-23(15-17-24)21-41-27-11-6-10-25(19-27)31-26(18-22-8-4-3-5-9-22)20-38-32-29(31)12-7-13-30(32)34(35,36)37/h3-17,19-20,28H,2,18,21H2,1H3,(H,39,40). The number of carbonyl (C=O) groups is 1. The number of hydrogen-bond acceptors (Lipinski definition) is 3. The van der Waals surface area contributed by atoms with Crippen LogP contribution in [-0.2, 0) is 24.0 Å². The summed E-state index contributed by atoms with van der Waals surface area (Å²) >= 11 is 0. The highest BCUT2D eigenvalue weighted by molar-refractivity contribution is 5.98. The van der Waals surface area contributed by atoms with Crippen molar-refractivity contribution in [1.29, 1.82) is 0 Å². The van der Waals surface area contributed by atoms with Crippen molar-refractivity contribution in [2.75, 3.05) is 0 Å². The summed E-state index contributed by atoms with van der Waals surface area (Å²) in [6, 6.07) is 28.5. The molecule has 0 bridgehead atoms. The topological polar surface area (TPSA) is 59.4 Å². The number of carboxylic acids is 1. The third-order valence-electron chi connectivity index (χ3n) is 7.14. The van der Waals surface area contributed by atoms with E-state index in [4.69, 9.17) is 4.74 Å². The number of fused-ring (bicyclic) bond motifs is 1. The lowest BCUT2D eigenvalue weighted by atomic mass is 9.92. The molecular formula is C34H28F3NO3. The van der Waals surface area contributed by atoms with Crippen LogP contribution < -0.4 is 4.74 Å². The normalized spacial score (nSPS) is 12.3. The second-order valence-electron chi connectivity index (χ2n) is 9.88. The van der Waals surface area contributed by atoms with Gasteiger partial charge in [-0.2, -0.15) is 13.2 Å². The second-order valence-corrected chi connectivity index (χ2v) is 9.88. The lowest BCUT2D eigenvalue weighted by Crippen LogP contribution is -2.10. The van der Waals surface area contributed by atoms with Crippen LogP contribution >= 0.6 is 0 Å². The quantitative estimate of drug-likeness (QED) is 0.198. The number of aliphatic carboxylic acids is 1. The molecule has 1 atom stereocenters. The zero-order valence-corrected chi connectivity index (χ0v) is 22.4. The number of rotatable bonds is 9. The lowest BCUT2D eigenvalue weighted by Gasteiger charge is -2.17. The average Bonchev–Trinajstić information content (AvgIpc) is 2.96. The Labute approximate surface area is 236 Å². The van der Waals surface area contributed by atoms with Gasteiger partial charge in [-0.05, 0) is 64.4 Å². The number of hydrogen-bond donors (Lipinski definition) is 1. The molecule has 0 radical (unpaired) electrons. The molecule has 1 aromatic heterocycles. The molecule has 208 valence electrons. The molecule has 0 saturated carbocycles. The molecule has 0 spiro atoms. The van der Waals surface area contributed by atoms with Gasteiger partial charge in [-0.1, -0.05) is 85.8 Å². The molecule has 7 heteroatoms. The van der Waals surface area contributed by atoms with Crippen LogP contribution in [0, 0.1) is 0 Å². The number of pyridine rings is 1. The molecule has 1 heterocycles. The third-order valence-corrected chi connectivity index (χ3v) is 7.14. The predicted octanol–water partition coefficient (Wildman–Crippen LogP) is 8.67. The number of ether oxygens (including phenoxy) is 1. The number of carboxylic acid groups (broad SMARTS) is 1. The number of aromatic nitrogens is 1. The first-order valence-electron chi connectivity index (χ1n) is 13.3. The zero-order valence-electron chi connectivity index (χ0n) is 22.4. The fourth-order valence-electron chi connectivity index (χ4n) is 5.09. The van der Waals surface area contributed by atoms with Gasteiger partial charge in [0.15, 0.2) is 0 Å². The Balaban J connectivity index is 1.50. The molecule has 0 aliphatic heterocycles. The van der Waals surface area contributed by atoms with E-state index in [0.29, 0.717) is 29.5 Å². The van der Waals surface area contributed by atoms with Crippen LogP contribution in [0.5, 0.6) is 5.75 Å². The zero-order chi connectivity index (χ0) is 29.0. The van der Waals surface area contributed by atoms with Gasteiger partial charge in [-0.25, -0.2) is 0 Å². The second kappa shape index (κ2) is 11.8. The van der Waals surface area contributed by atoms with E-state index in [1.54, 1.807) is 24.3 Å². The van der Waals surface area contributed by atoms with E-state index in [-0.39, 0.29) is 12.1 Å². The van der Waals surface area contributed by atoms with Crippen molar-refractivity contribution >= 4 is 16.9 Å². The summed E-state index contributed by atoms with van der Waals surface area (Å²) < 4.78 is 47.7. The van der Waals surface area contributed by atoms with Crippen LogP contribution in [0.2, 0.25) is 0 Å². The van der Waals surface area contributed by atoms with E-state index in [9.17, 15) is 23.1 Å². The molecule has 0 saturated heterocycles. The van der Waals surface area contributed by atoms with Crippen molar-refractivity contribution in [3.8, 4) is 16.9 Å². The van der Waals surface area contributed by atoms with Crippen LogP contribution in [0.3, 0.4) is 0 Å². The number of benzene rings is 4. The third kappa shape index (κ3) is 6.24. The van der Waals surface area contributed by atoms with Gasteiger partial charge in [-0.3, -0.25) is 9.78 Å². The molecule has 5 aromatic rings. The first-order chi connectivity index (χ1) is 19.7. The lowest BCUT2D eigenvalue weighted by molar-refractivity contribution is -0.139. The molecular weight excluding hydrogens is 527 g/mol. The summed E-state index contributed by atoms with van der Waals surface area (Å²) in [7, 11) is 0. The minimum atomic E-state index is -4.53. The van der Waals surface area contributed by atoms with Crippen molar-refractivity contribution < 1.29 is 27.8 Å². The molecule has 1 N–H and O–H groups in total. The number of alkyl halides is 3. The van der Waals surface area contributed by atoms with Crippen LogP contribution in [0.1, 0.15) is 47.1 Å². The highest BCUT2D eigenvalue weighted by Crippen LogP contribution is 2.39. The van der Waals surface area contributed by atoms with Crippen molar-refractivity contribution in [3.05, 3.63) is 131 Å². The number of halogens is 3. The molecule has 0 amide bonds. The van der Waals surface area contributed by atoms with E-state index < -0.39 is 23.6 Å². The Hall–Kier alpha value is -4.65. The summed E-state index contributed by atoms with van der Waals surface area (Å²) in [6.45, 7) is 2.09. The number of nitrogens with zero attached hydrogens (tertiary/aromatic N) is 1. The fraction of sp³-hybridized carbons (Fsp3) is 0.176. The van der Waals surface area contributed by atoms with E-state index >= 15 is 0 Å². The summed E-state index contributed by atoms with van der Waals surface area (Å²) in [5, 5.41) is 9.83. The SMILES string of the molecule is CCC(C(=O)O)c1ccc(COc2cccc(-c3c(Cc4ccccc4)cnc4c(C(F)(F)F)cccc34)c2)cc1. The van der Waals surface area contributed by atoms with E-state index in [1.165, 1.54) is 12.3 Å². The Bertz CT molecular complexity index is 1670.